The number of nitrogens with zero attached hydrogens (tertiary/aromatic N) is 1. The van der Waals surface area contributed by atoms with E-state index in [9.17, 15) is 4.79 Å². The molecule has 0 spiro atoms. The first kappa shape index (κ1) is 16.0. The van der Waals surface area contributed by atoms with Crippen LogP contribution in [-0.4, -0.2) is 22.8 Å². The summed E-state index contributed by atoms with van der Waals surface area (Å²) in [7, 11) is 1.85. The van der Waals surface area contributed by atoms with E-state index in [0.29, 0.717) is 11.5 Å². The van der Waals surface area contributed by atoms with Crippen molar-refractivity contribution in [3.05, 3.63) is 35.4 Å². The highest BCUT2D eigenvalue weighted by Crippen LogP contribution is 2.38. The summed E-state index contributed by atoms with van der Waals surface area (Å²) in [4.78, 5) is 15.1. The molecule has 1 fully saturated rings. The van der Waals surface area contributed by atoms with Crippen LogP contribution in [0.5, 0.6) is 0 Å². The molecule has 1 amide bonds. The second kappa shape index (κ2) is 6.56. The molecule has 0 saturated heterocycles. The minimum atomic E-state index is -0.619. The first-order chi connectivity index (χ1) is 9.95. The topological polar surface area (TPSA) is 46.3 Å². The van der Waals surface area contributed by atoms with E-state index in [4.69, 9.17) is 18.0 Å². The number of rotatable bonds is 4. The third kappa shape index (κ3) is 3.43. The number of nitrogens with two attached hydrogens (primary N) is 1. The van der Waals surface area contributed by atoms with Crippen LogP contribution in [0.15, 0.2) is 24.3 Å². The van der Waals surface area contributed by atoms with Gasteiger partial charge in [0.25, 0.3) is 0 Å². The lowest BCUT2D eigenvalue weighted by atomic mass is 9.73. The van der Waals surface area contributed by atoms with Gasteiger partial charge in [-0.3, -0.25) is 4.79 Å². The average Bonchev–Trinajstić information content (AvgIpc) is 2.47. The summed E-state index contributed by atoms with van der Waals surface area (Å²) in [5.41, 5.74) is 7.67. The molecule has 1 saturated carbocycles. The van der Waals surface area contributed by atoms with Crippen LogP contribution in [0.4, 0.5) is 0 Å². The van der Waals surface area contributed by atoms with E-state index in [0.717, 1.165) is 31.2 Å². The highest BCUT2D eigenvalue weighted by atomic mass is 32.1. The summed E-state index contributed by atoms with van der Waals surface area (Å²) >= 11 is 5.24. The maximum Gasteiger partial charge on any atom is 0.235 e. The summed E-state index contributed by atoms with van der Waals surface area (Å²) in [5, 5.41) is 0. The van der Waals surface area contributed by atoms with Gasteiger partial charge in [0, 0.05) is 13.6 Å². The largest absolute Gasteiger partial charge is 0.392 e. The zero-order valence-corrected chi connectivity index (χ0v) is 13.7. The Labute approximate surface area is 132 Å². The number of carbonyl (C=O) groups is 1. The maximum atomic E-state index is 12.9. The van der Waals surface area contributed by atoms with Crippen LogP contribution in [0.1, 0.15) is 43.2 Å². The Balaban J connectivity index is 2.15. The normalized spacial score (nSPS) is 17.2. The van der Waals surface area contributed by atoms with Crippen LogP contribution >= 0.6 is 12.2 Å². The molecule has 0 aromatic heterocycles. The molecule has 114 valence electrons. The predicted molar refractivity (Wildman–Crippen MR) is 90.0 cm³/mol. The summed E-state index contributed by atoms with van der Waals surface area (Å²) in [6, 6.07) is 8.24. The molecular weight excluding hydrogens is 280 g/mol. The molecule has 2 N–H and O–H groups in total. The lowest BCUT2D eigenvalue weighted by molar-refractivity contribution is -0.138. The molecule has 1 aromatic rings. The summed E-state index contributed by atoms with van der Waals surface area (Å²) < 4.78 is 0. The predicted octanol–water partition coefficient (Wildman–Crippen LogP) is 3.19. The molecule has 0 atom stereocenters. The van der Waals surface area contributed by atoms with Crippen molar-refractivity contribution < 1.29 is 4.79 Å². The fraction of sp³-hybridized carbons (Fsp3) is 0.529. The summed E-state index contributed by atoms with van der Waals surface area (Å²) in [5.74, 6) is 0.0798. The fourth-order valence-electron chi connectivity index (χ4n) is 3.24. The van der Waals surface area contributed by atoms with Crippen LogP contribution in [-0.2, 0) is 11.3 Å². The molecular formula is C17H24N2OS. The Morgan fingerprint density at radius 2 is 2.00 bits per heavy atom. The molecule has 4 heteroatoms. The number of thiocarbonyl (C=S) groups is 1. The van der Waals surface area contributed by atoms with Gasteiger partial charge in [0.15, 0.2) is 0 Å². The van der Waals surface area contributed by atoms with Crippen LogP contribution in [0.25, 0.3) is 0 Å². The highest BCUT2D eigenvalue weighted by Gasteiger charge is 2.43. The zero-order chi connectivity index (χ0) is 15.5. The standard InChI is InChI=1S/C17H24N2OS/c1-13-7-6-8-14(11-13)12-19(2)16(20)17(15(18)21)9-4-3-5-10-17/h6-8,11H,3-5,9-10,12H2,1-2H3,(H2,18,21). The van der Waals surface area contributed by atoms with Gasteiger partial charge in [-0.2, -0.15) is 0 Å². The Morgan fingerprint density at radius 1 is 1.33 bits per heavy atom. The van der Waals surface area contributed by atoms with Crippen LogP contribution in [0, 0.1) is 12.3 Å². The smallest absolute Gasteiger partial charge is 0.235 e. The number of benzene rings is 1. The van der Waals surface area contributed by atoms with Crippen LogP contribution in [0.2, 0.25) is 0 Å². The molecule has 1 aliphatic rings. The van der Waals surface area contributed by atoms with Gasteiger partial charge in [0.2, 0.25) is 5.91 Å². The fourth-order valence-corrected chi connectivity index (χ4v) is 3.53. The van der Waals surface area contributed by atoms with Crippen molar-refractivity contribution in [1.29, 1.82) is 0 Å². The molecule has 3 nitrogen and oxygen atoms in total. The molecule has 0 radical (unpaired) electrons. The van der Waals surface area contributed by atoms with Gasteiger partial charge in [-0.15, -0.1) is 0 Å². The minimum Gasteiger partial charge on any atom is -0.392 e. The van der Waals surface area contributed by atoms with E-state index >= 15 is 0 Å². The van der Waals surface area contributed by atoms with Crippen LogP contribution in [0.3, 0.4) is 0 Å². The number of aryl methyl sites for hydroxylation is 1. The van der Waals surface area contributed by atoms with Gasteiger partial charge in [0.1, 0.15) is 0 Å². The highest BCUT2D eigenvalue weighted by molar-refractivity contribution is 7.80. The van der Waals surface area contributed by atoms with Crippen molar-refractivity contribution in [3.63, 3.8) is 0 Å². The summed E-state index contributed by atoms with van der Waals surface area (Å²) in [6.07, 6.45) is 4.81. The molecule has 0 heterocycles. The Hall–Kier alpha value is -1.42. The van der Waals surface area contributed by atoms with Gasteiger partial charge >= 0.3 is 0 Å². The number of hydrogen-bond acceptors (Lipinski definition) is 2. The molecule has 1 aliphatic carbocycles. The quantitative estimate of drug-likeness (QED) is 0.869. The second-order valence-corrected chi connectivity index (χ2v) is 6.60. The van der Waals surface area contributed by atoms with Gasteiger partial charge in [0.05, 0.1) is 10.4 Å². The SMILES string of the molecule is Cc1cccc(CN(C)C(=O)C2(C(N)=S)CCCCC2)c1. The van der Waals surface area contributed by atoms with E-state index in [1.54, 1.807) is 4.90 Å². The summed E-state index contributed by atoms with van der Waals surface area (Å²) in [6.45, 7) is 2.66. The lowest BCUT2D eigenvalue weighted by Crippen LogP contribution is -2.50. The van der Waals surface area contributed by atoms with Gasteiger partial charge in [-0.1, -0.05) is 61.3 Å². The lowest BCUT2D eigenvalue weighted by Gasteiger charge is -2.37. The zero-order valence-electron chi connectivity index (χ0n) is 12.9. The maximum absolute atomic E-state index is 12.9. The van der Waals surface area contributed by atoms with Crippen molar-refractivity contribution in [2.24, 2.45) is 11.1 Å². The van der Waals surface area contributed by atoms with E-state index < -0.39 is 5.41 Å². The minimum absolute atomic E-state index is 0.0798. The molecule has 21 heavy (non-hydrogen) atoms. The van der Waals surface area contributed by atoms with Crippen molar-refractivity contribution in [2.45, 2.75) is 45.6 Å². The monoisotopic (exact) mass is 304 g/mol. The first-order valence-electron chi connectivity index (χ1n) is 7.57. The van der Waals surface area contributed by atoms with E-state index in [2.05, 4.69) is 19.1 Å². The van der Waals surface area contributed by atoms with Gasteiger partial charge < -0.3 is 10.6 Å². The van der Waals surface area contributed by atoms with Gasteiger partial charge in [-0.05, 0) is 25.3 Å². The third-order valence-corrected chi connectivity index (χ3v) is 4.83. The second-order valence-electron chi connectivity index (χ2n) is 6.16. The number of hydrogen-bond donors (Lipinski definition) is 1. The van der Waals surface area contributed by atoms with Crippen molar-refractivity contribution in [3.8, 4) is 0 Å². The molecule has 0 bridgehead atoms. The Kier molecular flexibility index (Phi) is 4.99. The van der Waals surface area contributed by atoms with E-state index in [1.807, 2.05) is 19.2 Å². The van der Waals surface area contributed by atoms with Crippen molar-refractivity contribution in [2.75, 3.05) is 7.05 Å². The number of carbonyl (C=O) groups excluding carboxylic acids is 1. The van der Waals surface area contributed by atoms with Gasteiger partial charge in [-0.25, -0.2) is 0 Å². The Bertz CT molecular complexity index is 535. The number of amides is 1. The average molecular weight is 304 g/mol. The molecule has 1 aromatic carbocycles. The molecule has 2 rings (SSSR count). The molecule has 0 unspecified atom stereocenters. The van der Waals surface area contributed by atoms with Crippen LogP contribution < -0.4 is 5.73 Å². The third-order valence-electron chi connectivity index (χ3n) is 4.44. The molecule has 0 aliphatic heterocycles. The van der Waals surface area contributed by atoms with E-state index in [-0.39, 0.29) is 5.91 Å². The van der Waals surface area contributed by atoms with E-state index in [1.165, 1.54) is 12.0 Å². The van der Waals surface area contributed by atoms with Crippen molar-refractivity contribution in [1.82, 2.24) is 4.90 Å². The Morgan fingerprint density at radius 3 is 2.57 bits per heavy atom. The first-order valence-corrected chi connectivity index (χ1v) is 7.97. The van der Waals surface area contributed by atoms with Crippen molar-refractivity contribution >= 4 is 23.1 Å².